The molecule has 2 aromatic carbocycles. The highest BCUT2D eigenvalue weighted by Crippen LogP contribution is 2.34. The van der Waals surface area contributed by atoms with Crippen molar-refractivity contribution in [3.63, 3.8) is 0 Å². The van der Waals surface area contributed by atoms with Crippen LogP contribution >= 0.6 is 23.2 Å². The first kappa shape index (κ1) is 20.5. The highest BCUT2D eigenvalue weighted by Gasteiger charge is 2.37. The summed E-state index contributed by atoms with van der Waals surface area (Å²) in [6, 6.07) is 6.11. The molecule has 12 heteroatoms. The van der Waals surface area contributed by atoms with Gasteiger partial charge in [-0.25, -0.2) is 12.8 Å². The molecule has 1 saturated heterocycles. The molecule has 1 amide bonds. The number of hydrogen-bond donors (Lipinski definition) is 1. The number of anilines is 1. The van der Waals surface area contributed by atoms with Crippen molar-refractivity contribution >= 4 is 50.5 Å². The Morgan fingerprint density at radius 2 is 1.89 bits per heavy atom. The molecule has 0 spiro atoms. The first-order valence-electron chi connectivity index (χ1n) is 7.83. The summed E-state index contributed by atoms with van der Waals surface area (Å²) < 4.78 is 41.4. The fraction of sp³-hybridized carbons (Fsp3) is 0.188. The van der Waals surface area contributed by atoms with Crippen molar-refractivity contribution in [1.29, 1.82) is 0 Å². The Labute approximate surface area is 169 Å². The highest BCUT2D eigenvalue weighted by molar-refractivity contribution is 7.89. The molecule has 148 valence electrons. The fourth-order valence-corrected chi connectivity index (χ4v) is 4.87. The second-order valence-electron chi connectivity index (χ2n) is 5.89. The van der Waals surface area contributed by atoms with E-state index in [-0.39, 0.29) is 28.7 Å². The lowest BCUT2D eigenvalue weighted by Crippen LogP contribution is -2.41. The van der Waals surface area contributed by atoms with E-state index in [0.29, 0.717) is 0 Å². The summed E-state index contributed by atoms with van der Waals surface area (Å²) in [6.07, 6.45) is 0.0830. The van der Waals surface area contributed by atoms with Crippen LogP contribution in [0.4, 0.5) is 15.8 Å². The van der Waals surface area contributed by atoms with Crippen LogP contribution in [0, 0.1) is 15.9 Å². The van der Waals surface area contributed by atoms with E-state index in [4.69, 9.17) is 23.2 Å². The third-order valence-corrected chi connectivity index (χ3v) is 6.37. The lowest BCUT2D eigenvalue weighted by molar-refractivity contribution is -0.384. The number of amides is 1. The van der Waals surface area contributed by atoms with Gasteiger partial charge in [-0.1, -0.05) is 35.3 Å². The van der Waals surface area contributed by atoms with Gasteiger partial charge in [0.2, 0.25) is 15.9 Å². The quantitative estimate of drug-likeness (QED) is 0.559. The molecule has 3 rings (SSSR count). The Hall–Kier alpha value is -2.27. The van der Waals surface area contributed by atoms with Gasteiger partial charge in [-0.3, -0.25) is 14.9 Å². The zero-order chi connectivity index (χ0) is 20.6. The van der Waals surface area contributed by atoms with Gasteiger partial charge in [-0.05, 0) is 24.6 Å². The molecular formula is C16H12Cl2FN3O5S. The van der Waals surface area contributed by atoms with Crippen LogP contribution in [0.5, 0.6) is 0 Å². The Balaban J connectivity index is 1.88. The molecular weight excluding hydrogens is 436 g/mol. The number of carbonyl (C=O) groups excluding carboxylic acids is 1. The Bertz CT molecular complexity index is 1080. The molecule has 0 saturated carbocycles. The summed E-state index contributed by atoms with van der Waals surface area (Å²) in [7, 11) is -4.38. The smallest absolute Gasteiger partial charge is 0.289 e. The summed E-state index contributed by atoms with van der Waals surface area (Å²) in [5.41, 5.74) is -0.605. The molecule has 0 bridgehead atoms. The largest absolute Gasteiger partial charge is 0.308 e. The predicted octanol–water partition coefficient (Wildman–Crippen LogP) is 3.12. The van der Waals surface area contributed by atoms with E-state index < -0.39 is 43.3 Å². The van der Waals surface area contributed by atoms with Gasteiger partial charge in [0.25, 0.3) is 5.69 Å². The van der Waals surface area contributed by atoms with Crippen LogP contribution < -0.4 is 9.62 Å². The highest BCUT2D eigenvalue weighted by atomic mass is 35.5. The average molecular weight is 448 g/mol. The van der Waals surface area contributed by atoms with Crippen LogP contribution in [0.25, 0.3) is 0 Å². The Kier molecular flexibility index (Phi) is 5.57. The molecule has 1 atom stereocenters. The minimum absolute atomic E-state index is 0.0364. The standard InChI is InChI=1S/C16H12Cl2FN3O5S/c17-9-7-10(18)15(8-14(9)22(24)25)28(26,27)20-12-5-6-21(16(12)23)13-4-2-1-3-11(13)19/h1-4,7-8,12,20H,5-6H2. The monoisotopic (exact) mass is 447 g/mol. The molecule has 1 unspecified atom stereocenters. The van der Waals surface area contributed by atoms with Gasteiger partial charge in [-0.15, -0.1) is 0 Å². The fourth-order valence-electron chi connectivity index (χ4n) is 2.81. The van der Waals surface area contributed by atoms with Gasteiger partial charge >= 0.3 is 0 Å². The molecule has 8 nitrogen and oxygen atoms in total. The van der Waals surface area contributed by atoms with E-state index in [1.54, 1.807) is 6.07 Å². The van der Waals surface area contributed by atoms with E-state index in [9.17, 15) is 27.7 Å². The number of halogens is 3. The lowest BCUT2D eigenvalue weighted by Gasteiger charge is -2.18. The van der Waals surface area contributed by atoms with Crippen molar-refractivity contribution in [2.24, 2.45) is 0 Å². The normalized spacial score (nSPS) is 17.2. The van der Waals surface area contributed by atoms with E-state index >= 15 is 0 Å². The van der Waals surface area contributed by atoms with Gasteiger partial charge < -0.3 is 4.90 Å². The summed E-state index contributed by atoms with van der Waals surface area (Å²) in [5.74, 6) is -1.26. The Morgan fingerprint density at radius 1 is 1.21 bits per heavy atom. The second kappa shape index (κ2) is 7.63. The number of rotatable bonds is 5. The topological polar surface area (TPSA) is 110 Å². The number of para-hydroxylation sites is 1. The van der Waals surface area contributed by atoms with Crippen molar-refractivity contribution in [2.75, 3.05) is 11.4 Å². The van der Waals surface area contributed by atoms with Gasteiger partial charge in [0, 0.05) is 12.6 Å². The average Bonchev–Trinajstić information content (AvgIpc) is 2.94. The number of nitro groups is 1. The number of hydrogen-bond acceptors (Lipinski definition) is 5. The van der Waals surface area contributed by atoms with Crippen molar-refractivity contribution < 1.29 is 22.5 Å². The maximum Gasteiger partial charge on any atom is 0.289 e. The minimum Gasteiger partial charge on any atom is -0.308 e. The predicted molar refractivity (Wildman–Crippen MR) is 101 cm³/mol. The number of nitrogens with one attached hydrogen (secondary N) is 1. The molecule has 2 aromatic rings. The van der Waals surface area contributed by atoms with Crippen LogP contribution in [0.3, 0.4) is 0 Å². The van der Waals surface area contributed by atoms with Crippen molar-refractivity contribution in [3.05, 3.63) is 62.4 Å². The summed E-state index contributed by atoms with van der Waals surface area (Å²) in [5, 5.41) is 10.4. The van der Waals surface area contributed by atoms with Gasteiger partial charge in [-0.2, -0.15) is 4.72 Å². The molecule has 1 aliphatic heterocycles. The maximum absolute atomic E-state index is 13.9. The van der Waals surface area contributed by atoms with E-state index in [0.717, 1.165) is 17.0 Å². The molecule has 1 N–H and O–H groups in total. The van der Waals surface area contributed by atoms with E-state index in [1.807, 2.05) is 0 Å². The molecule has 1 aliphatic rings. The molecule has 0 aliphatic carbocycles. The SMILES string of the molecule is O=C1C(NS(=O)(=O)c2cc([N+](=O)[O-])c(Cl)cc2Cl)CCN1c1ccccc1F. The van der Waals surface area contributed by atoms with Crippen molar-refractivity contribution in [3.8, 4) is 0 Å². The summed E-state index contributed by atoms with van der Waals surface area (Å²) >= 11 is 11.6. The first-order chi connectivity index (χ1) is 13.1. The zero-order valence-corrected chi connectivity index (χ0v) is 16.3. The van der Waals surface area contributed by atoms with Crippen LogP contribution in [-0.2, 0) is 14.8 Å². The second-order valence-corrected chi connectivity index (χ2v) is 8.39. The number of nitro benzene ring substituents is 1. The van der Waals surface area contributed by atoms with Gasteiger partial charge in [0.1, 0.15) is 21.8 Å². The van der Waals surface area contributed by atoms with Crippen LogP contribution in [0.1, 0.15) is 6.42 Å². The van der Waals surface area contributed by atoms with Crippen molar-refractivity contribution in [1.82, 2.24) is 4.72 Å². The number of nitrogens with zero attached hydrogens (tertiary/aromatic N) is 2. The van der Waals surface area contributed by atoms with Crippen LogP contribution in [-0.4, -0.2) is 31.8 Å². The summed E-state index contributed by atoms with van der Waals surface area (Å²) in [4.78, 5) is 23.3. The van der Waals surface area contributed by atoms with Crippen molar-refractivity contribution in [2.45, 2.75) is 17.4 Å². The molecule has 28 heavy (non-hydrogen) atoms. The lowest BCUT2D eigenvalue weighted by atomic mass is 10.2. The number of carbonyl (C=O) groups is 1. The molecule has 1 heterocycles. The first-order valence-corrected chi connectivity index (χ1v) is 10.1. The third kappa shape index (κ3) is 3.81. The van der Waals surface area contributed by atoms with E-state index in [2.05, 4.69) is 4.72 Å². The third-order valence-electron chi connectivity index (χ3n) is 4.13. The van der Waals surface area contributed by atoms with Crippen LogP contribution in [0.15, 0.2) is 41.3 Å². The van der Waals surface area contributed by atoms with E-state index in [1.165, 1.54) is 18.2 Å². The number of benzene rings is 2. The van der Waals surface area contributed by atoms with Gasteiger partial charge in [0.15, 0.2) is 0 Å². The summed E-state index contributed by atoms with van der Waals surface area (Å²) in [6.45, 7) is 0.0987. The molecule has 1 fully saturated rings. The molecule has 0 radical (unpaired) electrons. The zero-order valence-electron chi connectivity index (χ0n) is 13.9. The Morgan fingerprint density at radius 3 is 2.54 bits per heavy atom. The number of sulfonamides is 1. The van der Waals surface area contributed by atoms with Crippen LogP contribution in [0.2, 0.25) is 10.0 Å². The minimum atomic E-state index is -4.38. The maximum atomic E-state index is 13.9. The van der Waals surface area contributed by atoms with Gasteiger partial charge in [0.05, 0.1) is 15.6 Å². The molecule has 0 aromatic heterocycles.